The first-order valence-electron chi connectivity index (χ1n) is 8.38. The van der Waals surface area contributed by atoms with E-state index in [4.69, 9.17) is 0 Å². The third kappa shape index (κ3) is 4.05. The third-order valence-corrected chi connectivity index (χ3v) is 4.66. The van der Waals surface area contributed by atoms with Crippen LogP contribution < -0.4 is 10.9 Å². The van der Waals surface area contributed by atoms with E-state index in [1.54, 1.807) is 6.20 Å². The van der Waals surface area contributed by atoms with Crippen LogP contribution >= 0.6 is 11.3 Å². The first-order chi connectivity index (χ1) is 12.6. The van der Waals surface area contributed by atoms with Gasteiger partial charge in [0.25, 0.3) is 11.5 Å². The molecule has 0 aliphatic carbocycles. The third-order valence-electron chi connectivity index (χ3n) is 3.88. The number of amides is 1. The number of carbonyl (C=O) groups excluding carboxylic acids is 1. The Kier molecular flexibility index (Phi) is 5.57. The predicted octanol–water partition coefficient (Wildman–Crippen LogP) is 1.78. The zero-order valence-corrected chi connectivity index (χ0v) is 15.5. The molecule has 3 aromatic rings. The van der Waals surface area contributed by atoms with Gasteiger partial charge >= 0.3 is 0 Å². The molecule has 0 aliphatic rings. The average Bonchev–Trinajstić information content (AvgIpc) is 3.27. The van der Waals surface area contributed by atoms with Crippen LogP contribution in [0.15, 0.2) is 28.8 Å². The van der Waals surface area contributed by atoms with Gasteiger partial charge in [0.2, 0.25) is 0 Å². The highest BCUT2D eigenvalue weighted by atomic mass is 32.1. The fraction of sp³-hybridized carbons (Fsp3) is 0.353. The fourth-order valence-corrected chi connectivity index (χ4v) is 3.16. The normalized spacial score (nSPS) is 10.8. The largest absolute Gasteiger partial charge is 0.352 e. The standard InChI is InChI=1S/C17H20N6O2S/c1-3-14-18-6-8-23(14)7-4-5-19-16(24)12-9-20-15(22-17(12)25)13-10-26-11(2)21-13/h6,8-10H,3-5,7H2,1-2H3,(H,19,24)(H,20,22,25). The van der Waals surface area contributed by atoms with Crippen molar-refractivity contribution in [1.82, 2.24) is 29.8 Å². The molecular formula is C17H20N6O2S. The Balaban J connectivity index is 1.57. The molecule has 3 aromatic heterocycles. The van der Waals surface area contributed by atoms with E-state index in [0.717, 1.165) is 30.2 Å². The van der Waals surface area contributed by atoms with E-state index in [0.29, 0.717) is 18.1 Å². The molecule has 0 bridgehead atoms. The summed E-state index contributed by atoms with van der Waals surface area (Å²) in [5.74, 6) is 0.953. The molecule has 0 radical (unpaired) electrons. The molecule has 136 valence electrons. The number of nitrogens with one attached hydrogen (secondary N) is 2. The van der Waals surface area contributed by atoms with Crippen LogP contribution in [0.3, 0.4) is 0 Å². The summed E-state index contributed by atoms with van der Waals surface area (Å²) in [7, 11) is 0. The first-order valence-corrected chi connectivity index (χ1v) is 9.26. The number of nitrogens with zero attached hydrogens (tertiary/aromatic N) is 4. The number of rotatable bonds is 7. The maximum Gasteiger partial charge on any atom is 0.264 e. The van der Waals surface area contributed by atoms with E-state index in [2.05, 4.69) is 36.7 Å². The Labute approximate surface area is 154 Å². The topological polar surface area (TPSA) is 106 Å². The van der Waals surface area contributed by atoms with Crippen LogP contribution in [0.25, 0.3) is 11.5 Å². The van der Waals surface area contributed by atoms with Crippen molar-refractivity contribution < 1.29 is 4.79 Å². The van der Waals surface area contributed by atoms with Gasteiger partial charge < -0.3 is 14.9 Å². The highest BCUT2D eigenvalue weighted by molar-refractivity contribution is 7.09. The molecule has 2 N–H and O–H groups in total. The van der Waals surface area contributed by atoms with E-state index >= 15 is 0 Å². The van der Waals surface area contributed by atoms with Crippen LogP contribution in [-0.4, -0.2) is 37.0 Å². The summed E-state index contributed by atoms with van der Waals surface area (Å²) in [5.41, 5.74) is 0.127. The fourth-order valence-electron chi connectivity index (χ4n) is 2.56. The molecule has 0 spiro atoms. The maximum absolute atomic E-state index is 12.2. The number of H-pyrrole nitrogens is 1. The van der Waals surface area contributed by atoms with Gasteiger partial charge in [-0.05, 0) is 13.3 Å². The average molecular weight is 372 g/mol. The van der Waals surface area contributed by atoms with Gasteiger partial charge in [-0.3, -0.25) is 9.59 Å². The van der Waals surface area contributed by atoms with E-state index in [1.165, 1.54) is 17.5 Å². The maximum atomic E-state index is 12.2. The van der Waals surface area contributed by atoms with Crippen LogP contribution in [-0.2, 0) is 13.0 Å². The molecular weight excluding hydrogens is 352 g/mol. The molecule has 0 aromatic carbocycles. The van der Waals surface area contributed by atoms with Crippen molar-refractivity contribution in [3.63, 3.8) is 0 Å². The Morgan fingerprint density at radius 3 is 2.92 bits per heavy atom. The van der Waals surface area contributed by atoms with Gasteiger partial charge in [0, 0.05) is 43.5 Å². The second-order valence-corrected chi connectivity index (χ2v) is 6.79. The summed E-state index contributed by atoms with van der Waals surface area (Å²) in [6, 6.07) is 0. The van der Waals surface area contributed by atoms with Crippen molar-refractivity contribution in [3.8, 4) is 11.5 Å². The first kappa shape index (κ1) is 18.0. The molecule has 3 rings (SSSR count). The van der Waals surface area contributed by atoms with Gasteiger partial charge in [0.15, 0.2) is 5.82 Å². The Morgan fingerprint density at radius 2 is 2.23 bits per heavy atom. The van der Waals surface area contributed by atoms with Crippen LogP contribution in [0.2, 0.25) is 0 Å². The molecule has 3 heterocycles. The van der Waals surface area contributed by atoms with E-state index in [-0.39, 0.29) is 5.56 Å². The van der Waals surface area contributed by atoms with Crippen molar-refractivity contribution in [2.24, 2.45) is 0 Å². The van der Waals surface area contributed by atoms with Crippen molar-refractivity contribution in [2.45, 2.75) is 33.2 Å². The Hall–Kier alpha value is -2.81. The van der Waals surface area contributed by atoms with Gasteiger partial charge in [-0.1, -0.05) is 6.92 Å². The summed E-state index contributed by atoms with van der Waals surface area (Å²) in [5, 5.41) is 5.45. The highest BCUT2D eigenvalue weighted by Crippen LogP contribution is 2.16. The van der Waals surface area contributed by atoms with Crippen molar-refractivity contribution in [2.75, 3.05) is 6.54 Å². The molecule has 0 aliphatic heterocycles. The molecule has 26 heavy (non-hydrogen) atoms. The summed E-state index contributed by atoms with van der Waals surface area (Å²) >= 11 is 1.47. The van der Waals surface area contributed by atoms with Crippen molar-refractivity contribution in [1.29, 1.82) is 0 Å². The number of aromatic amines is 1. The van der Waals surface area contributed by atoms with Gasteiger partial charge in [-0.15, -0.1) is 11.3 Å². The SMILES string of the molecule is CCc1nccn1CCCNC(=O)c1cnc(-c2csc(C)n2)[nH]c1=O. The minimum absolute atomic E-state index is 0.00224. The summed E-state index contributed by atoms with van der Waals surface area (Å²) in [4.78, 5) is 39.7. The number of aryl methyl sites for hydroxylation is 3. The van der Waals surface area contributed by atoms with Crippen LogP contribution in [0.1, 0.15) is 34.5 Å². The molecule has 9 heteroatoms. The lowest BCUT2D eigenvalue weighted by molar-refractivity contribution is 0.0951. The zero-order chi connectivity index (χ0) is 18.5. The molecule has 0 saturated heterocycles. The monoisotopic (exact) mass is 372 g/mol. The summed E-state index contributed by atoms with van der Waals surface area (Å²) in [6.45, 7) is 5.16. The number of carbonyl (C=O) groups is 1. The number of hydrogen-bond acceptors (Lipinski definition) is 6. The number of imidazole rings is 1. The second kappa shape index (κ2) is 8.05. The molecule has 1 amide bonds. The van der Waals surface area contributed by atoms with Crippen LogP contribution in [0.5, 0.6) is 0 Å². The Bertz CT molecular complexity index is 958. The lowest BCUT2D eigenvalue weighted by Gasteiger charge is -2.07. The smallest absolute Gasteiger partial charge is 0.264 e. The summed E-state index contributed by atoms with van der Waals surface area (Å²) in [6.07, 6.45) is 6.60. The highest BCUT2D eigenvalue weighted by Gasteiger charge is 2.13. The summed E-state index contributed by atoms with van der Waals surface area (Å²) < 4.78 is 2.06. The molecule has 0 unspecified atom stereocenters. The molecule has 8 nitrogen and oxygen atoms in total. The molecule has 0 saturated carbocycles. The predicted molar refractivity (Wildman–Crippen MR) is 99.3 cm³/mol. The van der Waals surface area contributed by atoms with Crippen LogP contribution in [0.4, 0.5) is 0 Å². The van der Waals surface area contributed by atoms with E-state index in [1.807, 2.05) is 18.5 Å². The quantitative estimate of drug-likeness (QED) is 0.615. The number of aromatic nitrogens is 5. The van der Waals surface area contributed by atoms with Gasteiger partial charge in [-0.25, -0.2) is 15.0 Å². The molecule has 0 atom stereocenters. The Morgan fingerprint density at radius 1 is 1.38 bits per heavy atom. The van der Waals surface area contributed by atoms with Crippen LogP contribution in [0, 0.1) is 6.92 Å². The number of thiazole rings is 1. The van der Waals surface area contributed by atoms with E-state index < -0.39 is 11.5 Å². The molecule has 0 fully saturated rings. The number of hydrogen-bond donors (Lipinski definition) is 2. The van der Waals surface area contributed by atoms with Crippen molar-refractivity contribution >= 4 is 17.2 Å². The second-order valence-electron chi connectivity index (χ2n) is 5.73. The van der Waals surface area contributed by atoms with Gasteiger partial charge in [0.05, 0.1) is 5.01 Å². The minimum atomic E-state index is -0.471. The minimum Gasteiger partial charge on any atom is -0.352 e. The van der Waals surface area contributed by atoms with E-state index in [9.17, 15) is 9.59 Å². The lowest BCUT2D eigenvalue weighted by atomic mass is 10.3. The zero-order valence-electron chi connectivity index (χ0n) is 14.7. The van der Waals surface area contributed by atoms with Gasteiger partial charge in [-0.2, -0.15) is 0 Å². The van der Waals surface area contributed by atoms with Gasteiger partial charge in [0.1, 0.15) is 17.1 Å². The lowest BCUT2D eigenvalue weighted by Crippen LogP contribution is -2.31. The van der Waals surface area contributed by atoms with Crippen molar-refractivity contribution in [3.05, 3.63) is 50.7 Å².